The molecule has 0 fully saturated rings. The first-order chi connectivity index (χ1) is 7.58. The van der Waals surface area contributed by atoms with Gasteiger partial charge in [-0.05, 0) is 44.7 Å². The van der Waals surface area contributed by atoms with Crippen LogP contribution in [0.1, 0.15) is 26.7 Å². The number of hydrogen-bond acceptors (Lipinski definition) is 3. The number of carbonyl (C=O) groups is 1. The standard InChI is InChI=1S/C10H13Br2N3O/c1-3-6(4-2)10(16)15-9-8(12)14-7(11)5-13-9/h5-6H,3-4H2,1-2H3,(H,13,15,16). The second kappa shape index (κ2) is 6.30. The van der Waals surface area contributed by atoms with Crippen LogP contribution in [0.4, 0.5) is 5.82 Å². The van der Waals surface area contributed by atoms with Crippen LogP contribution in [-0.2, 0) is 4.79 Å². The van der Waals surface area contributed by atoms with E-state index in [-0.39, 0.29) is 11.8 Å². The molecule has 0 aliphatic heterocycles. The second-order valence-corrected chi connectivity index (χ2v) is 4.90. The highest BCUT2D eigenvalue weighted by atomic mass is 79.9. The van der Waals surface area contributed by atoms with Crippen LogP contribution < -0.4 is 5.32 Å². The summed E-state index contributed by atoms with van der Waals surface area (Å²) in [7, 11) is 0. The molecule has 0 aliphatic carbocycles. The van der Waals surface area contributed by atoms with Crippen molar-refractivity contribution in [2.45, 2.75) is 26.7 Å². The number of rotatable bonds is 4. The summed E-state index contributed by atoms with van der Waals surface area (Å²) < 4.78 is 1.15. The molecule has 1 aromatic rings. The summed E-state index contributed by atoms with van der Waals surface area (Å²) >= 11 is 6.45. The number of amides is 1. The third-order valence-corrected chi connectivity index (χ3v) is 3.23. The third-order valence-electron chi connectivity index (χ3n) is 2.30. The van der Waals surface area contributed by atoms with Crippen LogP contribution >= 0.6 is 31.9 Å². The molecule has 0 aromatic carbocycles. The Morgan fingerprint density at radius 3 is 2.56 bits per heavy atom. The van der Waals surface area contributed by atoms with Gasteiger partial charge in [-0.2, -0.15) is 0 Å². The molecule has 1 rings (SSSR count). The Morgan fingerprint density at radius 2 is 2.06 bits per heavy atom. The van der Waals surface area contributed by atoms with Gasteiger partial charge in [0, 0.05) is 5.92 Å². The maximum atomic E-state index is 11.8. The third kappa shape index (κ3) is 3.52. The molecule has 88 valence electrons. The Hall–Kier alpha value is -0.490. The number of anilines is 1. The Morgan fingerprint density at radius 1 is 1.44 bits per heavy atom. The zero-order chi connectivity index (χ0) is 12.1. The van der Waals surface area contributed by atoms with Gasteiger partial charge in [-0.15, -0.1) is 0 Å². The van der Waals surface area contributed by atoms with Gasteiger partial charge in [-0.3, -0.25) is 4.79 Å². The van der Waals surface area contributed by atoms with E-state index in [4.69, 9.17) is 0 Å². The maximum absolute atomic E-state index is 11.8. The monoisotopic (exact) mass is 349 g/mol. The normalized spacial score (nSPS) is 10.6. The van der Waals surface area contributed by atoms with E-state index in [1.54, 1.807) is 6.20 Å². The summed E-state index contributed by atoms with van der Waals surface area (Å²) in [6.45, 7) is 3.99. The minimum atomic E-state index is -0.0117. The van der Waals surface area contributed by atoms with E-state index in [9.17, 15) is 4.79 Å². The van der Waals surface area contributed by atoms with Crippen molar-refractivity contribution >= 4 is 43.6 Å². The van der Waals surface area contributed by atoms with Gasteiger partial charge in [-0.1, -0.05) is 13.8 Å². The zero-order valence-electron chi connectivity index (χ0n) is 9.13. The summed E-state index contributed by atoms with van der Waals surface area (Å²) in [6.07, 6.45) is 3.20. The van der Waals surface area contributed by atoms with Crippen LogP contribution in [0, 0.1) is 5.92 Å². The molecule has 0 radical (unpaired) electrons. The number of hydrogen-bond donors (Lipinski definition) is 1. The Bertz CT molecular complexity index is 380. The summed E-state index contributed by atoms with van der Waals surface area (Å²) in [5, 5.41) is 2.76. The van der Waals surface area contributed by atoms with Crippen LogP contribution in [-0.4, -0.2) is 15.9 Å². The van der Waals surface area contributed by atoms with Crippen LogP contribution in [0.5, 0.6) is 0 Å². The van der Waals surface area contributed by atoms with E-state index in [0.717, 1.165) is 12.8 Å². The van der Waals surface area contributed by atoms with E-state index < -0.39 is 0 Å². The molecule has 0 unspecified atom stereocenters. The van der Waals surface area contributed by atoms with Crippen molar-refractivity contribution < 1.29 is 4.79 Å². The summed E-state index contributed by atoms with van der Waals surface area (Å²) in [6, 6.07) is 0. The lowest BCUT2D eigenvalue weighted by atomic mass is 10.0. The second-order valence-electron chi connectivity index (χ2n) is 3.33. The minimum absolute atomic E-state index is 0.0117. The van der Waals surface area contributed by atoms with Gasteiger partial charge in [0.2, 0.25) is 5.91 Å². The van der Waals surface area contributed by atoms with E-state index in [1.165, 1.54) is 0 Å². The van der Waals surface area contributed by atoms with Crippen molar-refractivity contribution in [2.24, 2.45) is 5.92 Å². The summed E-state index contributed by atoms with van der Waals surface area (Å²) in [4.78, 5) is 20.0. The average molecular weight is 351 g/mol. The summed E-state index contributed by atoms with van der Waals surface area (Å²) in [5.74, 6) is 0.472. The molecule has 0 spiro atoms. The van der Waals surface area contributed by atoms with E-state index >= 15 is 0 Å². The molecule has 1 aromatic heterocycles. The molecule has 0 aliphatic rings. The fraction of sp³-hybridized carbons (Fsp3) is 0.500. The van der Waals surface area contributed by atoms with Crippen molar-refractivity contribution in [1.29, 1.82) is 0 Å². The first-order valence-corrected chi connectivity index (χ1v) is 6.66. The predicted molar refractivity (Wildman–Crippen MR) is 70.1 cm³/mol. The van der Waals surface area contributed by atoms with Gasteiger partial charge >= 0.3 is 0 Å². The fourth-order valence-corrected chi connectivity index (χ4v) is 2.22. The molecule has 0 saturated carbocycles. The highest BCUT2D eigenvalue weighted by Gasteiger charge is 2.16. The van der Waals surface area contributed by atoms with Crippen molar-refractivity contribution in [3.05, 3.63) is 15.4 Å². The smallest absolute Gasteiger partial charge is 0.228 e. The van der Waals surface area contributed by atoms with Crippen molar-refractivity contribution in [1.82, 2.24) is 9.97 Å². The summed E-state index contributed by atoms with van der Waals surface area (Å²) in [5.41, 5.74) is 0. The molecule has 4 nitrogen and oxygen atoms in total. The molecule has 1 N–H and O–H groups in total. The van der Waals surface area contributed by atoms with Gasteiger partial charge in [-0.25, -0.2) is 9.97 Å². The SMILES string of the molecule is CCC(CC)C(=O)Nc1ncc(Br)nc1Br. The quantitative estimate of drug-likeness (QED) is 0.905. The number of nitrogens with one attached hydrogen (secondary N) is 1. The van der Waals surface area contributed by atoms with Gasteiger partial charge in [0.1, 0.15) is 9.21 Å². The maximum Gasteiger partial charge on any atom is 0.228 e. The van der Waals surface area contributed by atoms with Gasteiger partial charge in [0.05, 0.1) is 6.20 Å². The van der Waals surface area contributed by atoms with Crippen molar-refractivity contribution in [3.8, 4) is 0 Å². The van der Waals surface area contributed by atoms with Crippen LogP contribution in [0.2, 0.25) is 0 Å². The minimum Gasteiger partial charge on any atom is -0.308 e. The van der Waals surface area contributed by atoms with Crippen molar-refractivity contribution in [2.75, 3.05) is 5.32 Å². The first kappa shape index (κ1) is 13.6. The average Bonchev–Trinajstić information content (AvgIpc) is 2.24. The lowest BCUT2D eigenvalue weighted by Gasteiger charge is -2.12. The highest BCUT2D eigenvalue weighted by Crippen LogP contribution is 2.20. The molecule has 6 heteroatoms. The Labute approximate surface area is 112 Å². The van der Waals surface area contributed by atoms with Crippen molar-refractivity contribution in [3.63, 3.8) is 0 Å². The lowest BCUT2D eigenvalue weighted by Crippen LogP contribution is -2.22. The molecule has 0 atom stereocenters. The number of carbonyl (C=O) groups excluding carboxylic acids is 1. The number of aromatic nitrogens is 2. The van der Waals surface area contributed by atoms with Gasteiger partial charge in [0.15, 0.2) is 5.82 Å². The van der Waals surface area contributed by atoms with Crippen LogP contribution in [0.3, 0.4) is 0 Å². The lowest BCUT2D eigenvalue weighted by molar-refractivity contribution is -0.120. The highest BCUT2D eigenvalue weighted by molar-refractivity contribution is 9.11. The largest absolute Gasteiger partial charge is 0.308 e. The van der Waals surface area contributed by atoms with Gasteiger partial charge < -0.3 is 5.32 Å². The molecular formula is C10H13Br2N3O. The first-order valence-electron chi connectivity index (χ1n) is 5.07. The van der Waals surface area contributed by atoms with E-state index in [0.29, 0.717) is 15.0 Å². The molecule has 1 amide bonds. The van der Waals surface area contributed by atoms with E-state index in [1.807, 2.05) is 13.8 Å². The predicted octanol–water partition coefficient (Wildman–Crippen LogP) is 3.38. The molecule has 0 bridgehead atoms. The molecule has 16 heavy (non-hydrogen) atoms. The van der Waals surface area contributed by atoms with Crippen LogP contribution in [0.15, 0.2) is 15.4 Å². The van der Waals surface area contributed by atoms with Gasteiger partial charge in [0.25, 0.3) is 0 Å². The Kier molecular flexibility index (Phi) is 5.34. The fourth-order valence-electron chi connectivity index (χ4n) is 1.31. The van der Waals surface area contributed by atoms with Crippen LogP contribution in [0.25, 0.3) is 0 Å². The number of halogens is 2. The molecular weight excluding hydrogens is 338 g/mol. The molecule has 1 heterocycles. The zero-order valence-corrected chi connectivity index (χ0v) is 12.3. The number of nitrogens with zero attached hydrogens (tertiary/aromatic N) is 2. The van der Waals surface area contributed by atoms with E-state index in [2.05, 4.69) is 47.1 Å². The molecule has 0 saturated heterocycles. The Balaban J connectivity index is 2.76. The topological polar surface area (TPSA) is 54.9 Å².